The van der Waals surface area contributed by atoms with E-state index in [1.165, 1.54) is 11.8 Å². The molecule has 0 aliphatic carbocycles. The molecule has 0 aromatic carbocycles. The third-order valence-corrected chi connectivity index (χ3v) is 3.04. The molecule has 1 rings (SSSR count). The van der Waals surface area contributed by atoms with Gasteiger partial charge in [-0.15, -0.1) is 0 Å². The predicted molar refractivity (Wildman–Crippen MR) is 64.2 cm³/mol. The van der Waals surface area contributed by atoms with Gasteiger partial charge in [-0.05, 0) is 17.7 Å². The molecule has 1 atom stereocenters. The van der Waals surface area contributed by atoms with Gasteiger partial charge in [0.1, 0.15) is 0 Å². The molecule has 0 aliphatic heterocycles. The van der Waals surface area contributed by atoms with E-state index >= 15 is 0 Å². The second kappa shape index (κ2) is 7.19. The number of aromatic nitrogens is 2. The maximum Gasteiger partial charge on any atom is 0.236 e. The number of anilines is 1. The van der Waals surface area contributed by atoms with E-state index in [9.17, 15) is 4.79 Å². The van der Waals surface area contributed by atoms with Gasteiger partial charge in [0.15, 0.2) is 0 Å². The lowest BCUT2D eigenvalue weighted by Crippen LogP contribution is -2.17. The van der Waals surface area contributed by atoms with Crippen molar-refractivity contribution in [2.45, 2.75) is 6.92 Å². The van der Waals surface area contributed by atoms with Crippen molar-refractivity contribution in [1.82, 2.24) is 9.97 Å². The molecule has 0 aliphatic rings. The number of nitrogens with one attached hydrogen (secondary N) is 1. The Morgan fingerprint density at radius 1 is 1.56 bits per heavy atom. The molecule has 0 radical (unpaired) electrons. The summed E-state index contributed by atoms with van der Waals surface area (Å²) in [4.78, 5) is 19.2. The number of amides is 1. The number of hydrogen-bond donors (Lipinski definition) is 2. The Morgan fingerprint density at radius 2 is 2.25 bits per heavy atom. The Bertz CT molecular complexity index is 321. The zero-order valence-corrected chi connectivity index (χ0v) is 9.91. The Labute approximate surface area is 98.7 Å². The van der Waals surface area contributed by atoms with E-state index in [2.05, 4.69) is 15.3 Å². The lowest BCUT2D eigenvalue weighted by atomic mass is 10.2. The highest BCUT2D eigenvalue weighted by Gasteiger charge is 2.05. The minimum absolute atomic E-state index is 0.124. The summed E-state index contributed by atoms with van der Waals surface area (Å²) in [6.45, 7) is 2.08. The molecule has 1 amide bonds. The van der Waals surface area contributed by atoms with Gasteiger partial charge in [-0.2, -0.15) is 11.8 Å². The largest absolute Gasteiger partial charge is 0.396 e. The number of nitrogens with zero attached hydrogens (tertiary/aromatic N) is 2. The molecule has 0 saturated carbocycles. The minimum atomic E-state index is -0.124. The summed E-state index contributed by atoms with van der Waals surface area (Å²) in [5.41, 5.74) is 0. The number of thioether (sulfide) groups is 1. The van der Waals surface area contributed by atoms with Crippen LogP contribution in [0, 0.1) is 5.92 Å². The van der Waals surface area contributed by atoms with Crippen LogP contribution in [-0.4, -0.2) is 39.1 Å². The maximum atomic E-state index is 11.4. The Balaban J connectivity index is 2.21. The van der Waals surface area contributed by atoms with Gasteiger partial charge < -0.3 is 5.11 Å². The summed E-state index contributed by atoms with van der Waals surface area (Å²) < 4.78 is 0. The smallest absolute Gasteiger partial charge is 0.236 e. The van der Waals surface area contributed by atoms with Gasteiger partial charge in [-0.3, -0.25) is 10.1 Å². The zero-order chi connectivity index (χ0) is 11.8. The summed E-state index contributed by atoms with van der Waals surface area (Å²) in [5, 5.41) is 11.4. The Morgan fingerprint density at radius 3 is 2.88 bits per heavy atom. The lowest BCUT2D eigenvalue weighted by molar-refractivity contribution is -0.113. The maximum absolute atomic E-state index is 11.4. The average Bonchev–Trinajstić information content (AvgIpc) is 2.30. The molecule has 1 aromatic heterocycles. The van der Waals surface area contributed by atoms with E-state index < -0.39 is 0 Å². The third-order valence-electron chi connectivity index (χ3n) is 1.76. The molecule has 88 valence electrons. The highest BCUT2D eigenvalue weighted by Crippen LogP contribution is 2.08. The predicted octanol–water partition coefficient (Wildman–Crippen LogP) is 0.777. The van der Waals surface area contributed by atoms with Crippen LogP contribution in [0.15, 0.2) is 18.5 Å². The molecule has 0 saturated heterocycles. The van der Waals surface area contributed by atoms with Crippen molar-refractivity contribution in [2.24, 2.45) is 5.92 Å². The van der Waals surface area contributed by atoms with Crippen LogP contribution in [0.25, 0.3) is 0 Å². The molecule has 6 heteroatoms. The van der Waals surface area contributed by atoms with Crippen LogP contribution in [0.5, 0.6) is 0 Å². The molecule has 5 nitrogen and oxygen atoms in total. The van der Waals surface area contributed by atoms with Crippen molar-refractivity contribution in [1.29, 1.82) is 0 Å². The van der Waals surface area contributed by atoms with Gasteiger partial charge in [0.2, 0.25) is 11.9 Å². The summed E-state index contributed by atoms with van der Waals surface area (Å²) in [6.07, 6.45) is 3.15. The lowest BCUT2D eigenvalue weighted by Gasteiger charge is -2.06. The van der Waals surface area contributed by atoms with Gasteiger partial charge in [0.05, 0.1) is 5.75 Å². The van der Waals surface area contributed by atoms with Crippen molar-refractivity contribution in [3.8, 4) is 0 Å². The second-order valence-corrected chi connectivity index (χ2v) is 4.45. The highest BCUT2D eigenvalue weighted by molar-refractivity contribution is 7.99. The molecule has 1 aromatic rings. The van der Waals surface area contributed by atoms with Gasteiger partial charge in [0.25, 0.3) is 0 Å². The van der Waals surface area contributed by atoms with Crippen molar-refractivity contribution < 1.29 is 9.90 Å². The van der Waals surface area contributed by atoms with Crippen LogP contribution in [0.3, 0.4) is 0 Å². The Kier molecular flexibility index (Phi) is 5.81. The fourth-order valence-electron chi connectivity index (χ4n) is 0.930. The summed E-state index contributed by atoms with van der Waals surface area (Å²) >= 11 is 1.49. The van der Waals surface area contributed by atoms with Crippen LogP contribution in [-0.2, 0) is 4.79 Å². The molecular weight excluding hydrogens is 226 g/mol. The van der Waals surface area contributed by atoms with E-state index in [1.54, 1.807) is 18.5 Å². The quantitative estimate of drug-likeness (QED) is 0.769. The van der Waals surface area contributed by atoms with Gasteiger partial charge >= 0.3 is 0 Å². The molecule has 2 N–H and O–H groups in total. The van der Waals surface area contributed by atoms with Crippen molar-refractivity contribution in [2.75, 3.05) is 23.4 Å². The van der Waals surface area contributed by atoms with Gasteiger partial charge in [-0.25, -0.2) is 9.97 Å². The molecule has 0 spiro atoms. The SMILES string of the molecule is CC(CO)CSCC(=O)Nc1ncccn1. The monoisotopic (exact) mass is 241 g/mol. The Hall–Kier alpha value is -1.14. The molecular formula is C10H15N3O2S. The average molecular weight is 241 g/mol. The number of aliphatic hydroxyl groups excluding tert-OH is 1. The van der Waals surface area contributed by atoms with E-state index in [-0.39, 0.29) is 18.4 Å². The first-order valence-electron chi connectivity index (χ1n) is 4.98. The highest BCUT2D eigenvalue weighted by atomic mass is 32.2. The standard InChI is InChI=1S/C10H15N3O2S/c1-8(5-14)6-16-7-9(15)13-10-11-3-2-4-12-10/h2-4,8,14H,5-7H2,1H3,(H,11,12,13,15). The number of hydrogen-bond acceptors (Lipinski definition) is 5. The van der Waals surface area contributed by atoms with Crippen LogP contribution in [0.2, 0.25) is 0 Å². The van der Waals surface area contributed by atoms with E-state index in [0.717, 1.165) is 5.75 Å². The van der Waals surface area contributed by atoms with Crippen LogP contribution < -0.4 is 5.32 Å². The molecule has 0 bridgehead atoms. The van der Waals surface area contributed by atoms with Crippen LogP contribution in [0.4, 0.5) is 5.95 Å². The number of rotatable bonds is 6. The summed E-state index contributed by atoms with van der Waals surface area (Å²) in [6, 6.07) is 1.69. The van der Waals surface area contributed by atoms with E-state index in [1.807, 2.05) is 6.92 Å². The normalized spacial score (nSPS) is 12.1. The minimum Gasteiger partial charge on any atom is -0.396 e. The van der Waals surface area contributed by atoms with Crippen molar-refractivity contribution in [3.63, 3.8) is 0 Å². The third kappa shape index (κ3) is 5.09. The molecule has 1 unspecified atom stereocenters. The first kappa shape index (κ1) is 12.9. The number of carbonyl (C=O) groups excluding carboxylic acids is 1. The first-order valence-corrected chi connectivity index (χ1v) is 6.13. The summed E-state index contributed by atoms with van der Waals surface area (Å²) in [7, 11) is 0. The number of aliphatic hydroxyl groups is 1. The van der Waals surface area contributed by atoms with Crippen molar-refractivity contribution in [3.05, 3.63) is 18.5 Å². The number of carbonyl (C=O) groups is 1. The van der Waals surface area contributed by atoms with E-state index in [0.29, 0.717) is 11.7 Å². The van der Waals surface area contributed by atoms with Crippen LogP contribution in [0.1, 0.15) is 6.92 Å². The van der Waals surface area contributed by atoms with Crippen molar-refractivity contribution >= 4 is 23.6 Å². The topological polar surface area (TPSA) is 75.1 Å². The van der Waals surface area contributed by atoms with Gasteiger partial charge in [0, 0.05) is 19.0 Å². The summed E-state index contributed by atoms with van der Waals surface area (Å²) in [5.74, 6) is 1.53. The zero-order valence-electron chi connectivity index (χ0n) is 9.09. The second-order valence-electron chi connectivity index (χ2n) is 3.42. The molecule has 0 fully saturated rings. The fourth-order valence-corrected chi connectivity index (χ4v) is 1.81. The molecule has 1 heterocycles. The van der Waals surface area contributed by atoms with E-state index in [4.69, 9.17) is 5.11 Å². The fraction of sp³-hybridized carbons (Fsp3) is 0.500. The first-order chi connectivity index (χ1) is 7.72. The molecule has 16 heavy (non-hydrogen) atoms. The van der Waals surface area contributed by atoms with Gasteiger partial charge in [-0.1, -0.05) is 6.92 Å². The van der Waals surface area contributed by atoms with Crippen LogP contribution >= 0.6 is 11.8 Å².